The second kappa shape index (κ2) is 7.53. The van der Waals surface area contributed by atoms with Crippen molar-refractivity contribution in [3.63, 3.8) is 0 Å². The molecule has 23 heavy (non-hydrogen) atoms. The van der Waals surface area contributed by atoms with Crippen LogP contribution < -0.4 is 5.32 Å². The molecule has 0 aromatic heterocycles. The zero-order valence-corrected chi connectivity index (χ0v) is 13.5. The third-order valence-corrected chi connectivity index (χ3v) is 4.94. The quantitative estimate of drug-likeness (QED) is 0.645. The molecule has 0 spiro atoms. The lowest BCUT2D eigenvalue weighted by Crippen LogP contribution is -2.14. The molecule has 120 valence electrons. The predicted octanol–water partition coefficient (Wildman–Crippen LogP) is 3.92. The maximum atomic E-state index is 12.5. The van der Waals surface area contributed by atoms with Crippen molar-refractivity contribution in [2.45, 2.75) is 23.8 Å². The summed E-state index contributed by atoms with van der Waals surface area (Å²) in [6, 6.07) is 14.2. The topological polar surface area (TPSA) is 58.6 Å². The molecular formula is C18H19NO3S. The van der Waals surface area contributed by atoms with Crippen LogP contribution in [0.4, 0.5) is 5.69 Å². The number of ether oxygens (including phenoxy) is 1. The molecule has 5 heteroatoms. The summed E-state index contributed by atoms with van der Waals surface area (Å²) in [5.74, 6) is 0.688. The molecule has 2 aromatic rings. The van der Waals surface area contributed by atoms with E-state index in [1.54, 1.807) is 42.1 Å². The molecule has 1 unspecified atom stereocenters. The molecule has 4 nitrogen and oxygen atoms in total. The highest BCUT2D eigenvalue weighted by Crippen LogP contribution is 2.28. The minimum Gasteiger partial charge on any atom is -0.506 e. The number of benzene rings is 2. The molecule has 0 aliphatic carbocycles. The van der Waals surface area contributed by atoms with E-state index in [2.05, 4.69) is 5.32 Å². The van der Waals surface area contributed by atoms with Gasteiger partial charge in [-0.3, -0.25) is 4.79 Å². The number of carbonyl (C=O) groups is 1. The SMILES string of the molecule is O=C(Nc1ccccc1O)c1ccccc1SCC1CCCO1. The molecule has 0 radical (unpaired) electrons. The van der Waals surface area contributed by atoms with E-state index in [1.165, 1.54) is 0 Å². The Kier molecular flexibility index (Phi) is 5.20. The Labute approximate surface area is 139 Å². The summed E-state index contributed by atoms with van der Waals surface area (Å²) in [7, 11) is 0. The average Bonchev–Trinajstić information content (AvgIpc) is 3.09. The minimum absolute atomic E-state index is 0.0605. The Bertz CT molecular complexity index is 683. The van der Waals surface area contributed by atoms with Crippen molar-refractivity contribution in [3.8, 4) is 5.75 Å². The number of nitrogens with one attached hydrogen (secondary N) is 1. The van der Waals surface area contributed by atoms with Crippen molar-refractivity contribution in [1.82, 2.24) is 0 Å². The minimum atomic E-state index is -0.220. The van der Waals surface area contributed by atoms with Crippen molar-refractivity contribution in [1.29, 1.82) is 0 Å². The monoisotopic (exact) mass is 329 g/mol. The Morgan fingerprint density at radius 2 is 2.00 bits per heavy atom. The van der Waals surface area contributed by atoms with Gasteiger partial charge in [-0.15, -0.1) is 11.8 Å². The molecule has 1 fully saturated rings. The molecule has 1 aliphatic heterocycles. The summed E-state index contributed by atoms with van der Waals surface area (Å²) in [4.78, 5) is 13.4. The number of phenols is 1. The second-order valence-electron chi connectivity index (χ2n) is 5.41. The van der Waals surface area contributed by atoms with E-state index < -0.39 is 0 Å². The zero-order chi connectivity index (χ0) is 16.1. The predicted molar refractivity (Wildman–Crippen MR) is 92.2 cm³/mol. The zero-order valence-electron chi connectivity index (χ0n) is 12.7. The Balaban J connectivity index is 1.71. The number of thioether (sulfide) groups is 1. The van der Waals surface area contributed by atoms with Crippen LogP contribution in [0.3, 0.4) is 0 Å². The summed E-state index contributed by atoms with van der Waals surface area (Å²) in [5, 5.41) is 12.5. The molecule has 1 atom stereocenters. The first-order chi connectivity index (χ1) is 11.2. The van der Waals surface area contributed by atoms with E-state index >= 15 is 0 Å². The number of para-hydroxylation sites is 2. The number of phenolic OH excluding ortho intramolecular Hbond substituents is 1. The van der Waals surface area contributed by atoms with E-state index in [9.17, 15) is 9.90 Å². The third kappa shape index (κ3) is 4.06. The summed E-state index contributed by atoms with van der Waals surface area (Å²) in [6.07, 6.45) is 2.47. The summed E-state index contributed by atoms with van der Waals surface area (Å²) >= 11 is 1.64. The van der Waals surface area contributed by atoms with Crippen molar-refractivity contribution in [2.24, 2.45) is 0 Å². The van der Waals surface area contributed by atoms with Gasteiger partial charge in [0.05, 0.1) is 17.4 Å². The number of anilines is 1. The largest absolute Gasteiger partial charge is 0.506 e. The van der Waals surface area contributed by atoms with Crippen LogP contribution >= 0.6 is 11.8 Å². The third-order valence-electron chi connectivity index (χ3n) is 3.73. The van der Waals surface area contributed by atoms with Crippen molar-refractivity contribution >= 4 is 23.4 Å². The molecule has 1 heterocycles. The second-order valence-corrected chi connectivity index (χ2v) is 6.48. The molecule has 1 aliphatic rings. The van der Waals surface area contributed by atoms with Crippen molar-refractivity contribution in [2.75, 3.05) is 17.7 Å². The first kappa shape index (κ1) is 15.9. The number of amides is 1. The van der Waals surface area contributed by atoms with Gasteiger partial charge in [0, 0.05) is 17.3 Å². The highest BCUT2D eigenvalue weighted by Gasteiger charge is 2.18. The van der Waals surface area contributed by atoms with Crippen molar-refractivity contribution in [3.05, 3.63) is 54.1 Å². The number of carbonyl (C=O) groups excluding carboxylic acids is 1. The van der Waals surface area contributed by atoms with Crippen LogP contribution in [0.15, 0.2) is 53.4 Å². The molecule has 2 aromatic carbocycles. The van der Waals surface area contributed by atoms with Crippen molar-refractivity contribution < 1.29 is 14.6 Å². The van der Waals surface area contributed by atoms with Gasteiger partial charge in [-0.25, -0.2) is 0 Å². The van der Waals surface area contributed by atoms with Crippen LogP contribution in [0.5, 0.6) is 5.75 Å². The maximum Gasteiger partial charge on any atom is 0.256 e. The highest BCUT2D eigenvalue weighted by molar-refractivity contribution is 7.99. The molecular weight excluding hydrogens is 310 g/mol. The molecule has 1 amide bonds. The van der Waals surface area contributed by atoms with Crippen LogP contribution in [-0.2, 0) is 4.74 Å². The molecule has 2 N–H and O–H groups in total. The van der Waals surface area contributed by atoms with Gasteiger partial charge in [-0.05, 0) is 37.1 Å². The fourth-order valence-electron chi connectivity index (χ4n) is 2.51. The van der Waals surface area contributed by atoms with E-state index in [0.717, 1.165) is 30.1 Å². The average molecular weight is 329 g/mol. The molecule has 0 saturated carbocycles. The normalized spacial score (nSPS) is 17.1. The maximum absolute atomic E-state index is 12.5. The number of hydrogen-bond acceptors (Lipinski definition) is 4. The van der Waals surface area contributed by atoms with Gasteiger partial charge in [-0.2, -0.15) is 0 Å². The standard InChI is InChI=1S/C18H19NO3S/c20-16-9-3-2-8-15(16)19-18(21)14-7-1-4-10-17(14)23-12-13-6-5-11-22-13/h1-4,7-10,13,20H,5-6,11-12H2,(H,19,21). The van der Waals surface area contributed by atoms with E-state index in [1.807, 2.05) is 18.2 Å². The smallest absolute Gasteiger partial charge is 0.256 e. The molecule has 3 rings (SSSR count). The van der Waals surface area contributed by atoms with Gasteiger partial charge >= 0.3 is 0 Å². The van der Waals surface area contributed by atoms with Gasteiger partial charge < -0.3 is 15.2 Å². The Morgan fingerprint density at radius 1 is 1.22 bits per heavy atom. The lowest BCUT2D eigenvalue weighted by molar-refractivity contribution is 0.102. The van der Waals surface area contributed by atoms with E-state index in [-0.39, 0.29) is 17.8 Å². The van der Waals surface area contributed by atoms with Crippen LogP contribution in [0.2, 0.25) is 0 Å². The van der Waals surface area contributed by atoms with E-state index in [0.29, 0.717) is 11.3 Å². The van der Waals surface area contributed by atoms with Crippen LogP contribution in [-0.4, -0.2) is 29.5 Å². The molecule has 0 bridgehead atoms. The van der Waals surface area contributed by atoms with Crippen LogP contribution in [0.25, 0.3) is 0 Å². The Morgan fingerprint density at radius 3 is 2.78 bits per heavy atom. The Hall–Kier alpha value is -1.98. The lowest BCUT2D eigenvalue weighted by atomic mass is 10.2. The summed E-state index contributed by atoms with van der Waals surface area (Å²) < 4.78 is 5.63. The van der Waals surface area contributed by atoms with Gasteiger partial charge in [0.2, 0.25) is 0 Å². The fourth-order valence-corrected chi connectivity index (χ4v) is 3.63. The first-order valence-electron chi connectivity index (χ1n) is 7.67. The van der Waals surface area contributed by atoms with Gasteiger partial charge in [0.25, 0.3) is 5.91 Å². The van der Waals surface area contributed by atoms with Crippen LogP contribution in [0.1, 0.15) is 23.2 Å². The number of rotatable bonds is 5. The molecule has 1 saturated heterocycles. The van der Waals surface area contributed by atoms with Gasteiger partial charge in [0.1, 0.15) is 5.75 Å². The number of aromatic hydroxyl groups is 1. The van der Waals surface area contributed by atoms with E-state index in [4.69, 9.17) is 4.74 Å². The first-order valence-corrected chi connectivity index (χ1v) is 8.65. The number of hydrogen-bond donors (Lipinski definition) is 2. The summed E-state index contributed by atoms with van der Waals surface area (Å²) in [5.41, 5.74) is 1.02. The highest BCUT2D eigenvalue weighted by atomic mass is 32.2. The van der Waals surface area contributed by atoms with Crippen LogP contribution in [0, 0.1) is 0 Å². The van der Waals surface area contributed by atoms with Gasteiger partial charge in [-0.1, -0.05) is 24.3 Å². The lowest BCUT2D eigenvalue weighted by Gasteiger charge is -2.13. The fraction of sp³-hybridized carbons (Fsp3) is 0.278. The van der Waals surface area contributed by atoms with Gasteiger partial charge in [0.15, 0.2) is 0 Å². The summed E-state index contributed by atoms with van der Waals surface area (Å²) in [6.45, 7) is 0.834.